The first-order valence-corrected chi connectivity index (χ1v) is 12.3. The van der Waals surface area contributed by atoms with Crippen molar-refractivity contribution >= 4 is 19.1 Å². The number of Topliss-reactive ketones (excluding diaryl/α,β-unsaturated/α-hetero) is 1. The van der Waals surface area contributed by atoms with E-state index in [1.807, 2.05) is 20.8 Å². The smallest absolute Gasteiger partial charge is 0.289 e. The first kappa shape index (κ1) is 29.7. The van der Waals surface area contributed by atoms with Gasteiger partial charge in [-0.3, -0.25) is 4.79 Å². The molecule has 2 unspecified atom stereocenters. The summed E-state index contributed by atoms with van der Waals surface area (Å²) in [4.78, 5) is 26.7. The van der Waals surface area contributed by atoms with E-state index in [-0.39, 0.29) is 11.0 Å². The minimum absolute atomic E-state index is 0.107. The van der Waals surface area contributed by atoms with Gasteiger partial charge >= 0.3 is 25.7 Å². The second kappa shape index (κ2) is 9.73. The maximum absolute atomic E-state index is 14.0. The summed E-state index contributed by atoms with van der Waals surface area (Å²) in [6, 6.07) is 6.63. The number of aryl methyl sites for hydroxylation is 2. The molecule has 0 aromatic heterocycles. The number of carbonyl (C=O) groups excluding carboxylic acids is 2. The van der Waals surface area contributed by atoms with Crippen LogP contribution in [0.3, 0.4) is 0 Å². The fourth-order valence-corrected chi connectivity index (χ4v) is 5.83. The molecule has 0 aliphatic rings. The van der Waals surface area contributed by atoms with Gasteiger partial charge in [0.2, 0.25) is 11.4 Å². The van der Waals surface area contributed by atoms with Gasteiger partial charge in [-0.25, -0.2) is 4.79 Å². The van der Waals surface area contributed by atoms with Crippen molar-refractivity contribution in [3.63, 3.8) is 0 Å². The number of carbonyl (C=O) groups is 2. The summed E-state index contributed by atoms with van der Waals surface area (Å²) in [5.74, 6) is -1.65. The molecule has 0 saturated carbocycles. The standard InChI is InChI=1S/C26H28F6O3P/c1-14-12-16(23(3,4)5)13-15(2)19(14)22(34)36(35)21(24(6,7)26(30,31)32)20(33)17-10-8-9-11-18(17)25(27,28)29/h8-13,21H,1-7H3/q+1. The van der Waals surface area contributed by atoms with Crippen LogP contribution in [0.1, 0.15) is 77.6 Å². The topological polar surface area (TPSA) is 51.2 Å². The average Bonchev–Trinajstić information content (AvgIpc) is 2.70. The Bertz CT molecular complexity index is 1180. The monoisotopic (exact) mass is 533 g/mol. The van der Waals surface area contributed by atoms with Crippen LogP contribution in [0, 0.1) is 19.3 Å². The van der Waals surface area contributed by atoms with Crippen molar-refractivity contribution in [2.75, 3.05) is 0 Å². The van der Waals surface area contributed by atoms with E-state index in [1.165, 1.54) is 13.8 Å². The molecule has 36 heavy (non-hydrogen) atoms. The molecule has 2 rings (SSSR count). The summed E-state index contributed by atoms with van der Waals surface area (Å²) < 4.78 is 96.3. The van der Waals surface area contributed by atoms with Crippen molar-refractivity contribution in [3.05, 3.63) is 69.8 Å². The van der Waals surface area contributed by atoms with Crippen molar-refractivity contribution in [1.29, 1.82) is 0 Å². The van der Waals surface area contributed by atoms with Gasteiger partial charge in [-0.05, 0) is 55.9 Å². The van der Waals surface area contributed by atoms with Crippen LogP contribution in [0.2, 0.25) is 0 Å². The zero-order valence-electron chi connectivity index (χ0n) is 21.0. The number of halogens is 6. The predicted octanol–water partition coefficient (Wildman–Crippen LogP) is 8.43. The van der Waals surface area contributed by atoms with Crippen LogP contribution in [-0.2, 0) is 16.2 Å². The lowest BCUT2D eigenvalue weighted by atomic mass is 9.83. The highest BCUT2D eigenvalue weighted by molar-refractivity contribution is 7.66. The quantitative estimate of drug-likeness (QED) is 0.213. The molecule has 196 valence electrons. The van der Waals surface area contributed by atoms with Crippen LogP contribution < -0.4 is 0 Å². The van der Waals surface area contributed by atoms with Crippen LogP contribution >= 0.6 is 7.80 Å². The molecule has 0 aliphatic carbocycles. The molecule has 0 bridgehead atoms. The molecule has 2 atom stereocenters. The van der Waals surface area contributed by atoms with Crippen molar-refractivity contribution in [1.82, 2.24) is 0 Å². The molecule has 0 spiro atoms. The number of alkyl halides is 6. The molecule has 0 fully saturated rings. The fraction of sp³-hybridized carbons (Fsp3) is 0.462. The molecule has 3 nitrogen and oxygen atoms in total. The summed E-state index contributed by atoms with van der Waals surface area (Å²) >= 11 is 0. The average molecular weight is 533 g/mol. The lowest BCUT2D eigenvalue weighted by molar-refractivity contribution is -0.208. The molecule has 0 heterocycles. The first-order chi connectivity index (χ1) is 16.1. The normalized spacial score (nSPS) is 14.4. The van der Waals surface area contributed by atoms with Crippen LogP contribution in [0.15, 0.2) is 36.4 Å². The number of hydrogen-bond acceptors (Lipinski definition) is 3. The van der Waals surface area contributed by atoms with E-state index >= 15 is 0 Å². The summed E-state index contributed by atoms with van der Waals surface area (Å²) in [7, 11) is -3.64. The summed E-state index contributed by atoms with van der Waals surface area (Å²) in [6.45, 7) is 9.95. The number of benzene rings is 2. The largest absolute Gasteiger partial charge is 0.432 e. The Morgan fingerprint density at radius 1 is 0.833 bits per heavy atom. The highest BCUT2D eigenvalue weighted by atomic mass is 31.1. The van der Waals surface area contributed by atoms with Gasteiger partial charge in [-0.15, -0.1) is 0 Å². The lowest BCUT2D eigenvalue weighted by Crippen LogP contribution is -2.46. The Morgan fingerprint density at radius 3 is 1.72 bits per heavy atom. The third-order valence-corrected chi connectivity index (χ3v) is 8.18. The number of hydrogen-bond donors (Lipinski definition) is 0. The molecule has 2 aromatic rings. The van der Waals surface area contributed by atoms with Gasteiger partial charge in [0.15, 0.2) is 0 Å². The molecule has 0 N–H and O–H groups in total. The van der Waals surface area contributed by atoms with Crippen molar-refractivity contribution in [2.24, 2.45) is 5.41 Å². The molecule has 0 radical (unpaired) electrons. The Hall–Kier alpha value is -2.54. The highest BCUT2D eigenvalue weighted by Crippen LogP contribution is 2.53. The molecular weight excluding hydrogens is 505 g/mol. The van der Waals surface area contributed by atoms with Crippen LogP contribution in [-0.4, -0.2) is 23.1 Å². The van der Waals surface area contributed by atoms with Crippen molar-refractivity contribution < 1.29 is 40.5 Å². The summed E-state index contributed by atoms with van der Waals surface area (Å²) in [6.07, 6.45) is -10.2. The minimum Gasteiger partial charge on any atom is -0.289 e. The summed E-state index contributed by atoms with van der Waals surface area (Å²) in [5, 5.41) is 0. The van der Waals surface area contributed by atoms with Crippen LogP contribution in [0.5, 0.6) is 0 Å². The van der Waals surface area contributed by atoms with Crippen molar-refractivity contribution in [2.45, 2.75) is 71.9 Å². The van der Waals surface area contributed by atoms with Gasteiger partial charge in [-0.2, -0.15) is 26.3 Å². The zero-order chi connectivity index (χ0) is 28.0. The van der Waals surface area contributed by atoms with E-state index in [4.69, 9.17) is 0 Å². The molecule has 10 heteroatoms. The van der Waals surface area contributed by atoms with E-state index in [1.54, 1.807) is 12.1 Å². The molecule has 2 aromatic carbocycles. The fourth-order valence-electron chi connectivity index (χ4n) is 3.94. The van der Waals surface area contributed by atoms with E-state index in [0.29, 0.717) is 31.0 Å². The molecule has 0 aliphatic heterocycles. The Morgan fingerprint density at radius 2 is 1.31 bits per heavy atom. The Labute approximate surface area is 207 Å². The van der Waals surface area contributed by atoms with Crippen molar-refractivity contribution in [3.8, 4) is 0 Å². The highest BCUT2D eigenvalue weighted by Gasteiger charge is 2.65. The minimum atomic E-state index is -5.15. The van der Waals surface area contributed by atoms with Gasteiger partial charge in [0.25, 0.3) is 0 Å². The van der Waals surface area contributed by atoms with Crippen LogP contribution in [0.25, 0.3) is 0 Å². The second-order valence-corrected chi connectivity index (χ2v) is 12.0. The second-order valence-electron chi connectivity index (χ2n) is 10.4. The predicted molar refractivity (Wildman–Crippen MR) is 126 cm³/mol. The summed E-state index contributed by atoms with van der Waals surface area (Å²) in [5.41, 5.74) is -8.30. The van der Waals surface area contributed by atoms with Gasteiger partial charge in [0.1, 0.15) is 5.41 Å². The van der Waals surface area contributed by atoms with E-state index in [9.17, 15) is 40.5 Å². The van der Waals surface area contributed by atoms with Gasteiger partial charge < -0.3 is 0 Å². The number of ketones is 1. The SMILES string of the molecule is Cc1cc(C(C)(C)C)cc(C)c1C(=O)[P+](=O)C(C(=O)c1ccccc1C(F)(F)F)C(C)(C)C(F)(F)F. The Kier molecular flexibility index (Phi) is 8.02. The van der Waals surface area contributed by atoms with E-state index in [2.05, 4.69) is 0 Å². The van der Waals surface area contributed by atoms with Gasteiger partial charge in [-0.1, -0.05) is 55.7 Å². The molecule has 0 amide bonds. The zero-order valence-corrected chi connectivity index (χ0v) is 21.9. The first-order valence-electron chi connectivity index (χ1n) is 11.0. The van der Waals surface area contributed by atoms with Crippen LogP contribution in [0.4, 0.5) is 26.3 Å². The Balaban J connectivity index is 2.74. The molecular formula is C26H28F6O3P+. The van der Waals surface area contributed by atoms with Gasteiger partial charge in [0.05, 0.1) is 11.1 Å². The maximum Gasteiger partial charge on any atom is 0.432 e. The van der Waals surface area contributed by atoms with Gasteiger partial charge in [0, 0.05) is 5.56 Å². The number of rotatable bonds is 6. The third-order valence-electron chi connectivity index (χ3n) is 6.21. The third kappa shape index (κ3) is 5.72. The maximum atomic E-state index is 14.0. The van der Waals surface area contributed by atoms with E-state index in [0.717, 1.165) is 23.8 Å². The van der Waals surface area contributed by atoms with E-state index < -0.39 is 53.7 Å². The molecule has 0 saturated heterocycles. The lowest BCUT2D eigenvalue weighted by Gasteiger charge is -2.29.